The van der Waals surface area contributed by atoms with Gasteiger partial charge in [0.15, 0.2) is 11.5 Å². The zero-order chi connectivity index (χ0) is 12.6. The molecule has 3 rings (SSSR count). The van der Waals surface area contributed by atoms with Crippen LogP contribution >= 0.6 is 0 Å². The number of ether oxygens (including phenoxy) is 2. The van der Waals surface area contributed by atoms with Gasteiger partial charge in [0.2, 0.25) is 6.79 Å². The summed E-state index contributed by atoms with van der Waals surface area (Å²) in [7, 11) is 0. The minimum atomic E-state index is -0.201. The number of fused-ring (bicyclic) bond motifs is 1. The number of carbonyl (C=O) groups is 1. The Bertz CT molecular complexity index is 478. The van der Waals surface area contributed by atoms with E-state index in [9.17, 15) is 4.79 Å². The predicted molar refractivity (Wildman–Crippen MR) is 65.7 cm³/mol. The molecule has 96 valence electrons. The van der Waals surface area contributed by atoms with Crippen LogP contribution in [-0.2, 0) is 0 Å². The molecule has 18 heavy (non-hydrogen) atoms. The van der Waals surface area contributed by atoms with E-state index in [1.54, 1.807) is 18.2 Å². The van der Waals surface area contributed by atoms with Crippen LogP contribution in [0.3, 0.4) is 0 Å². The van der Waals surface area contributed by atoms with Gasteiger partial charge in [0.05, 0.1) is 5.54 Å². The van der Waals surface area contributed by atoms with E-state index in [0.717, 1.165) is 19.3 Å². The van der Waals surface area contributed by atoms with E-state index < -0.39 is 0 Å². The van der Waals surface area contributed by atoms with Crippen molar-refractivity contribution in [3.8, 4) is 11.5 Å². The molecule has 1 aliphatic heterocycles. The van der Waals surface area contributed by atoms with Gasteiger partial charge in [0, 0.05) is 12.1 Å². The first-order valence-electron chi connectivity index (χ1n) is 6.15. The third kappa shape index (κ3) is 1.80. The van der Waals surface area contributed by atoms with Crippen LogP contribution in [0.4, 0.5) is 0 Å². The Balaban J connectivity index is 1.76. The Morgan fingerprint density at radius 3 is 2.78 bits per heavy atom. The number of carbonyl (C=O) groups excluding carboxylic acids is 1. The number of rotatable bonds is 3. The van der Waals surface area contributed by atoms with E-state index in [2.05, 4.69) is 5.32 Å². The molecule has 1 aromatic rings. The van der Waals surface area contributed by atoms with Crippen LogP contribution in [0.1, 0.15) is 29.6 Å². The Morgan fingerprint density at radius 2 is 2.11 bits per heavy atom. The minimum Gasteiger partial charge on any atom is -0.454 e. The normalized spacial score (nSPS) is 19.2. The highest BCUT2D eigenvalue weighted by molar-refractivity contribution is 5.95. The molecular weight excluding hydrogens is 232 g/mol. The maximum Gasteiger partial charge on any atom is 0.251 e. The third-order valence-electron chi connectivity index (χ3n) is 3.71. The number of benzene rings is 1. The van der Waals surface area contributed by atoms with Gasteiger partial charge in [0.25, 0.3) is 5.91 Å². The van der Waals surface area contributed by atoms with Crippen LogP contribution in [0.2, 0.25) is 0 Å². The van der Waals surface area contributed by atoms with E-state index >= 15 is 0 Å². The second kappa shape index (κ2) is 4.17. The molecule has 0 aromatic heterocycles. The van der Waals surface area contributed by atoms with Gasteiger partial charge in [-0.15, -0.1) is 0 Å². The molecule has 0 bridgehead atoms. The van der Waals surface area contributed by atoms with E-state index in [1.807, 2.05) is 0 Å². The van der Waals surface area contributed by atoms with Gasteiger partial charge in [0.1, 0.15) is 0 Å². The van der Waals surface area contributed by atoms with Crippen molar-refractivity contribution >= 4 is 5.91 Å². The smallest absolute Gasteiger partial charge is 0.251 e. The van der Waals surface area contributed by atoms with Crippen molar-refractivity contribution < 1.29 is 14.3 Å². The summed E-state index contributed by atoms with van der Waals surface area (Å²) in [4.78, 5) is 12.1. The lowest BCUT2D eigenvalue weighted by Gasteiger charge is -2.41. The van der Waals surface area contributed by atoms with Crippen molar-refractivity contribution in [1.82, 2.24) is 5.32 Å². The highest BCUT2D eigenvalue weighted by atomic mass is 16.7. The predicted octanol–water partition coefficient (Wildman–Crippen LogP) is 1.03. The van der Waals surface area contributed by atoms with Crippen LogP contribution < -0.4 is 20.5 Å². The zero-order valence-corrected chi connectivity index (χ0v) is 10.1. The van der Waals surface area contributed by atoms with E-state index in [-0.39, 0.29) is 18.2 Å². The molecule has 1 aromatic carbocycles. The quantitative estimate of drug-likeness (QED) is 0.837. The van der Waals surface area contributed by atoms with Crippen molar-refractivity contribution in [2.45, 2.75) is 24.8 Å². The summed E-state index contributed by atoms with van der Waals surface area (Å²) < 4.78 is 10.5. The van der Waals surface area contributed by atoms with Crippen molar-refractivity contribution in [3.63, 3.8) is 0 Å². The fourth-order valence-corrected chi connectivity index (χ4v) is 2.33. The molecule has 0 spiro atoms. The SMILES string of the molecule is NCC1(NC(=O)c2ccc3c(c2)OCO3)CCC1. The average molecular weight is 248 g/mol. The standard InChI is InChI=1S/C13H16N2O3/c14-7-13(4-1-5-13)15-12(16)9-2-3-10-11(6-9)18-8-17-10/h2-3,6H,1,4-5,7-8,14H2,(H,15,16). The van der Waals surface area contributed by atoms with Crippen LogP contribution in [0, 0.1) is 0 Å². The molecule has 0 radical (unpaired) electrons. The Labute approximate surface area is 105 Å². The summed E-state index contributed by atoms with van der Waals surface area (Å²) in [6.07, 6.45) is 3.04. The van der Waals surface area contributed by atoms with Gasteiger partial charge in [-0.25, -0.2) is 0 Å². The molecule has 2 aliphatic rings. The van der Waals surface area contributed by atoms with E-state index in [1.165, 1.54) is 0 Å². The fourth-order valence-electron chi connectivity index (χ4n) is 2.33. The summed E-state index contributed by atoms with van der Waals surface area (Å²) in [5.41, 5.74) is 6.11. The van der Waals surface area contributed by atoms with Gasteiger partial charge >= 0.3 is 0 Å². The van der Waals surface area contributed by atoms with Gasteiger partial charge in [-0.2, -0.15) is 0 Å². The minimum absolute atomic E-state index is 0.0987. The summed E-state index contributed by atoms with van der Waals surface area (Å²) in [5, 5.41) is 3.03. The van der Waals surface area contributed by atoms with Crippen molar-refractivity contribution in [2.24, 2.45) is 5.73 Å². The maximum atomic E-state index is 12.1. The highest BCUT2D eigenvalue weighted by Crippen LogP contribution is 2.34. The first-order chi connectivity index (χ1) is 8.72. The fraction of sp³-hybridized carbons (Fsp3) is 0.462. The molecule has 1 heterocycles. The second-order valence-corrected chi connectivity index (χ2v) is 4.86. The number of nitrogens with two attached hydrogens (primary N) is 1. The van der Waals surface area contributed by atoms with Crippen LogP contribution in [0.5, 0.6) is 11.5 Å². The van der Waals surface area contributed by atoms with Gasteiger partial charge in [-0.1, -0.05) is 0 Å². The Morgan fingerprint density at radius 1 is 1.33 bits per heavy atom. The summed E-state index contributed by atoms with van der Waals surface area (Å²) >= 11 is 0. The number of hydrogen-bond acceptors (Lipinski definition) is 4. The third-order valence-corrected chi connectivity index (χ3v) is 3.71. The Kier molecular flexibility index (Phi) is 2.63. The molecule has 1 aliphatic carbocycles. The first-order valence-corrected chi connectivity index (χ1v) is 6.15. The maximum absolute atomic E-state index is 12.1. The number of nitrogens with one attached hydrogen (secondary N) is 1. The molecule has 1 amide bonds. The highest BCUT2D eigenvalue weighted by Gasteiger charge is 2.37. The Hall–Kier alpha value is -1.75. The van der Waals surface area contributed by atoms with Gasteiger partial charge < -0.3 is 20.5 Å². The van der Waals surface area contributed by atoms with Crippen LogP contribution in [-0.4, -0.2) is 24.8 Å². The summed E-state index contributed by atoms with van der Waals surface area (Å²) in [6, 6.07) is 5.21. The van der Waals surface area contributed by atoms with Crippen molar-refractivity contribution in [1.29, 1.82) is 0 Å². The molecule has 5 nitrogen and oxygen atoms in total. The molecule has 0 unspecified atom stereocenters. The molecule has 5 heteroatoms. The molecule has 1 saturated carbocycles. The van der Waals surface area contributed by atoms with Crippen LogP contribution in [0.15, 0.2) is 18.2 Å². The molecule has 0 saturated heterocycles. The lowest BCUT2D eigenvalue weighted by atomic mass is 9.76. The topological polar surface area (TPSA) is 73.6 Å². The lowest BCUT2D eigenvalue weighted by Crippen LogP contribution is -2.58. The van der Waals surface area contributed by atoms with E-state index in [4.69, 9.17) is 15.2 Å². The summed E-state index contributed by atoms with van der Waals surface area (Å²) in [5.74, 6) is 1.21. The molecular formula is C13H16N2O3. The second-order valence-electron chi connectivity index (χ2n) is 4.86. The van der Waals surface area contributed by atoms with E-state index in [0.29, 0.717) is 23.6 Å². The number of amides is 1. The molecule has 3 N–H and O–H groups in total. The van der Waals surface area contributed by atoms with Crippen molar-refractivity contribution in [2.75, 3.05) is 13.3 Å². The van der Waals surface area contributed by atoms with Gasteiger partial charge in [-0.05, 0) is 37.5 Å². The van der Waals surface area contributed by atoms with Crippen molar-refractivity contribution in [3.05, 3.63) is 23.8 Å². The first kappa shape index (κ1) is 11.3. The largest absolute Gasteiger partial charge is 0.454 e. The monoisotopic (exact) mass is 248 g/mol. The summed E-state index contributed by atoms with van der Waals surface area (Å²) in [6.45, 7) is 0.705. The number of hydrogen-bond donors (Lipinski definition) is 2. The average Bonchev–Trinajstić information content (AvgIpc) is 2.80. The zero-order valence-electron chi connectivity index (χ0n) is 10.1. The van der Waals surface area contributed by atoms with Gasteiger partial charge in [-0.3, -0.25) is 4.79 Å². The molecule has 0 atom stereocenters. The van der Waals surface area contributed by atoms with Crippen LogP contribution in [0.25, 0.3) is 0 Å². The molecule has 1 fully saturated rings. The lowest BCUT2D eigenvalue weighted by molar-refractivity contribution is 0.0837.